The Morgan fingerprint density at radius 1 is 1.00 bits per heavy atom. The lowest BCUT2D eigenvalue weighted by molar-refractivity contribution is 0.584. The Bertz CT molecular complexity index is 789. The van der Waals surface area contributed by atoms with Crippen molar-refractivity contribution in [2.24, 2.45) is 0 Å². The summed E-state index contributed by atoms with van der Waals surface area (Å²) in [6.45, 7) is 1.96. The highest BCUT2D eigenvalue weighted by molar-refractivity contribution is 5.87. The zero-order chi connectivity index (χ0) is 15.0. The third kappa shape index (κ3) is 2.50. The topological polar surface area (TPSA) is 54.7 Å². The SMILES string of the molecule is Cc1cccc(-c2[nH]nc(N)c2-c2cc(F)cc(F)c2)c1. The quantitative estimate of drug-likeness (QED) is 0.750. The zero-order valence-corrected chi connectivity index (χ0v) is 11.3. The van der Waals surface area contributed by atoms with E-state index in [1.165, 1.54) is 12.1 Å². The van der Waals surface area contributed by atoms with Crippen LogP contribution in [0.5, 0.6) is 0 Å². The number of H-pyrrole nitrogens is 1. The van der Waals surface area contributed by atoms with Crippen LogP contribution in [0.15, 0.2) is 42.5 Å². The molecular weight excluding hydrogens is 272 g/mol. The van der Waals surface area contributed by atoms with Gasteiger partial charge in [0, 0.05) is 11.6 Å². The van der Waals surface area contributed by atoms with Gasteiger partial charge in [0.2, 0.25) is 0 Å². The van der Waals surface area contributed by atoms with Gasteiger partial charge in [-0.05, 0) is 30.7 Å². The van der Waals surface area contributed by atoms with Crippen molar-refractivity contribution in [3.63, 3.8) is 0 Å². The molecule has 3 aromatic rings. The van der Waals surface area contributed by atoms with Crippen LogP contribution in [0.4, 0.5) is 14.6 Å². The van der Waals surface area contributed by atoms with Crippen LogP contribution in [0.25, 0.3) is 22.4 Å². The summed E-state index contributed by atoms with van der Waals surface area (Å²) in [4.78, 5) is 0. The Balaban J connectivity index is 2.22. The average Bonchev–Trinajstić information content (AvgIpc) is 2.79. The van der Waals surface area contributed by atoms with Gasteiger partial charge in [0.05, 0.1) is 11.3 Å². The molecule has 0 fully saturated rings. The maximum Gasteiger partial charge on any atom is 0.153 e. The number of halogens is 2. The number of nitrogens with zero attached hydrogens (tertiary/aromatic N) is 1. The van der Waals surface area contributed by atoms with Crippen LogP contribution < -0.4 is 5.73 Å². The first kappa shape index (κ1) is 13.3. The molecule has 0 aliphatic carbocycles. The number of hydrogen-bond donors (Lipinski definition) is 2. The fraction of sp³-hybridized carbons (Fsp3) is 0.0625. The molecule has 0 aliphatic heterocycles. The summed E-state index contributed by atoms with van der Waals surface area (Å²) in [6, 6.07) is 11.0. The number of anilines is 1. The average molecular weight is 285 g/mol. The van der Waals surface area contributed by atoms with E-state index in [4.69, 9.17) is 5.73 Å². The van der Waals surface area contributed by atoms with Crippen molar-refractivity contribution >= 4 is 5.82 Å². The molecule has 1 heterocycles. The molecule has 0 aliphatic rings. The Kier molecular flexibility index (Phi) is 3.17. The van der Waals surface area contributed by atoms with E-state index in [1.807, 2.05) is 31.2 Å². The van der Waals surface area contributed by atoms with Crippen LogP contribution >= 0.6 is 0 Å². The number of nitrogens with one attached hydrogen (secondary N) is 1. The van der Waals surface area contributed by atoms with Crippen LogP contribution in [0, 0.1) is 18.6 Å². The summed E-state index contributed by atoms with van der Waals surface area (Å²) in [5.74, 6) is -1.10. The molecule has 106 valence electrons. The van der Waals surface area contributed by atoms with E-state index in [0.717, 1.165) is 17.2 Å². The van der Waals surface area contributed by atoms with Crippen molar-refractivity contribution in [2.45, 2.75) is 6.92 Å². The molecule has 0 saturated carbocycles. The number of nitrogens with two attached hydrogens (primary N) is 1. The van der Waals surface area contributed by atoms with Gasteiger partial charge in [0.15, 0.2) is 5.82 Å². The summed E-state index contributed by atoms with van der Waals surface area (Å²) < 4.78 is 26.9. The highest BCUT2D eigenvalue weighted by Crippen LogP contribution is 2.35. The van der Waals surface area contributed by atoms with Gasteiger partial charge < -0.3 is 5.73 Å². The molecule has 3 rings (SSSR count). The van der Waals surface area contributed by atoms with Gasteiger partial charge in [0.1, 0.15) is 11.6 Å². The predicted molar refractivity (Wildman–Crippen MR) is 78.5 cm³/mol. The minimum absolute atomic E-state index is 0.205. The minimum Gasteiger partial charge on any atom is -0.382 e. The number of benzene rings is 2. The van der Waals surface area contributed by atoms with Crippen LogP contribution in [-0.2, 0) is 0 Å². The van der Waals surface area contributed by atoms with E-state index >= 15 is 0 Å². The largest absolute Gasteiger partial charge is 0.382 e. The molecule has 21 heavy (non-hydrogen) atoms. The van der Waals surface area contributed by atoms with Gasteiger partial charge in [-0.25, -0.2) is 8.78 Å². The van der Waals surface area contributed by atoms with Crippen LogP contribution in [0.3, 0.4) is 0 Å². The van der Waals surface area contributed by atoms with Gasteiger partial charge in [-0.1, -0.05) is 23.8 Å². The molecule has 3 N–H and O–H groups in total. The smallest absolute Gasteiger partial charge is 0.153 e. The third-order valence-corrected chi connectivity index (χ3v) is 3.25. The minimum atomic E-state index is -0.652. The van der Waals surface area contributed by atoms with Gasteiger partial charge in [-0.2, -0.15) is 5.10 Å². The molecule has 0 amide bonds. The van der Waals surface area contributed by atoms with Crippen LogP contribution in [0.2, 0.25) is 0 Å². The lowest BCUT2D eigenvalue weighted by Gasteiger charge is -2.06. The molecule has 2 aromatic carbocycles. The lowest BCUT2D eigenvalue weighted by Crippen LogP contribution is -1.91. The highest BCUT2D eigenvalue weighted by Gasteiger charge is 2.16. The molecule has 0 unspecified atom stereocenters. The third-order valence-electron chi connectivity index (χ3n) is 3.25. The summed E-state index contributed by atoms with van der Waals surface area (Å²) in [5.41, 5.74) is 9.28. The molecular formula is C16H13F2N3. The van der Waals surface area contributed by atoms with Crippen molar-refractivity contribution in [3.8, 4) is 22.4 Å². The van der Waals surface area contributed by atoms with Crippen LogP contribution in [-0.4, -0.2) is 10.2 Å². The molecule has 0 atom stereocenters. The van der Waals surface area contributed by atoms with Crippen molar-refractivity contribution < 1.29 is 8.78 Å². The Morgan fingerprint density at radius 2 is 1.71 bits per heavy atom. The fourth-order valence-corrected chi connectivity index (χ4v) is 2.36. The van der Waals surface area contributed by atoms with Crippen molar-refractivity contribution in [1.82, 2.24) is 10.2 Å². The van der Waals surface area contributed by atoms with Gasteiger partial charge in [-0.15, -0.1) is 0 Å². The van der Waals surface area contributed by atoms with E-state index < -0.39 is 11.6 Å². The lowest BCUT2D eigenvalue weighted by atomic mass is 9.99. The van der Waals surface area contributed by atoms with Gasteiger partial charge >= 0.3 is 0 Å². The first-order valence-corrected chi connectivity index (χ1v) is 6.42. The molecule has 0 bridgehead atoms. The fourth-order valence-electron chi connectivity index (χ4n) is 2.36. The van der Waals surface area contributed by atoms with Gasteiger partial charge in [0.25, 0.3) is 0 Å². The standard InChI is InChI=1S/C16H13F2N3/c1-9-3-2-4-10(5-9)15-14(16(19)21-20-15)11-6-12(17)8-13(18)7-11/h2-8H,1H3,(H3,19,20,21). The normalized spacial score (nSPS) is 10.8. The molecule has 5 heteroatoms. The monoisotopic (exact) mass is 285 g/mol. The predicted octanol–water partition coefficient (Wildman–Crippen LogP) is 3.91. The second kappa shape index (κ2) is 5.01. The van der Waals surface area contributed by atoms with Crippen molar-refractivity contribution in [1.29, 1.82) is 0 Å². The number of hydrogen-bond acceptors (Lipinski definition) is 2. The van der Waals surface area contributed by atoms with Crippen LogP contribution in [0.1, 0.15) is 5.56 Å². The second-order valence-corrected chi connectivity index (χ2v) is 4.89. The summed E-state index contributed by atoms with van der Waals surface area (Å²) in [5, 5.41) is 6.80. The number of aromatic amines is 1. The summed E-state index contributed by atoms with van der Waals surface area (Å²) in [7, 11) is 0. The van der Waals surface area contributed by atoms with Crippen molar-refractivity contribution in [2.75, 3.05) is 5.73 Å². The van der Waals surface area contributed by atoms with Crippen molar-refractivity contribution in [3.05, 3.63) is 59.7 Å². The number of nitrogen functional groups attached to an aromatic ring is 1. The number of rotatable bonds is 2. The molecule has 0 radical (unpaired) electrons. The van der Waals surface area contributed by atoms with E-state index in [9.17, 15) is 8.78 Å². The molecule has 0 saturated heterocycles. The maximum atomic E-state index is 13.4. The Labute approximate surface area is 120 Å². The van der Waals surface area contributed by atoms with E-state index in [-0.39, 0.29) is 5.82 Å². The first-order chi connectivity index (χ1) is 10.0. The summed E-state index contributed by atoms with van der Waals surface area (Å²) >= 11 is 0. The number of aromatic nitrogens is 2. The second-order valence-electron chi connectivity index (χ2n) is 4.89. The number of aryl methyl sites for hydroxylation is 1. The molecule has 1 aromatic heterocycles. The first-order valence-electron chi connectivity index (χ1n) is 6.42. The molecule has 0 spiro atoms. The molecule has 3 nitrogen and oxygen atoms in total. The van der Waals surface area contributed by atoms with E-state index in [0.29, 0.717) is 16.8 Å². The van der Waals surface area contributed by atoms with E-state index in [1.54, 1.807) is 0 Å². The Hall–Kier alpha value is -2.69. The Morgan fingerprint density at radius 3 is 2.38 bits per heavy atom. The highest BCUT2D eigenvalue weighted by atomic mass is 19.1. The zero-order valence-electron chi connectivity index (χ0n) is 11.3. The maximum absolute atomic E-state index is 13.4. The van der Waals surface area contributed by atoms with E-state index in [2.05, 4.69) is 10.2 Å². The summed E-state index contributed by atoms with van der Waals surface area (Å²) in [6.07, 6.45) is 0. The van der Waals surface area contributed by atoms with Gasteiger partial charge in [-0.3, -0.25) is 5.10 Å².